The van der Waals surface area contributed by atoms with E-state index in [9.17, 15) is 0 Å². The van der Waals surface area contributed by atoms with Gasteiger partial charge in [-0.1, -0.05) is 12.1 Å². The molecule has 0 spiro atoms. The van der Waals surface area contributed by atoms with E-state index in [0.717, 1.165) is 11.1 Å². The summed E-state index contributed by atoms with van der Waals surface area (Å²) in [4.78, 5) is 0. The van der Waals surface area contributed by atoms with Gasteiger partial charge in [0.05, 0.1) is 24.3 Å². The topological polar surface area (TPSA) is 70.0 Å². The third-order valence-corrected chi connectivity index (χ3v) is 2.00. The van der Waals surface area contributed by atoms with Crippen LogP contribution in [0.4, 0.5) is 0 Å². The van der Waals surface area contributed by atoms with Crippen molar-refractivity contribution in [3.8, 4) is 6.07 Å². The predicted molar refractivity (Wildman–Crippen MR) is 49.9 cm³/mol. The molecule has 0 saturated heterocycles. The Hall–Kier alpha value is -1.37. The Labute approximate surface area is 77.4 Å². The van der Waals surface area contributed by atoms with Crippen LogP contribution in [0.1, 0.15) is 22.7 Å². The number of benzene rings is 1. The summed E-state index contributed by atoms with van der Waals surface area (Å²) in [7, 11) is 0. The van der Waals surface area contributed by atoms with Crippen LogP contribution >= 0.6 is 0 Å². The standard InChI is InChI=1S/C10H12N2O/c1-7-4-8(10(12)6-13)2-3-9(7)5-11/h2-4,10,13H,6,12H2,1H3/t10-/m0/s1. The quantitative estimate of drug-likeness (QED) is 0.702. The van der Waals surface area contributed by atoms with E-state index < -0.39 is 0 Å². The summed E-state index contributed by atoms with van der Waals surface area (Å²) in [6, 6.07) is 7.05. The molecule has 3 nitrogen and oxygen atoms in total. The molecule has 3 N–H and O–H groups in total. The molecule has 0 saturated carbocycles. The second-order valence-corrected chi connectivity index (χ2v) is 2.98. The molecule has 0 aliphatic carbocycles. The highest BCUT2D eigenvalue weighted by molar-refractivity contribution is 5.40. The molecule has 1 aromatic rings. The summed E-state index contributed by atoms with van der Waals surface area (Å²) in [5, 5.41) is 17.5. The van der Waals surface area contributed by atoms with E-state index in [1.807, 2.05) is 13.0 Å². The van der Waals surface area contributed by atoms with Crippen LogP contribution < -0.4 is 5.73 Å². The number of nitriles is 1. The lowest BCUT2D eigenvalue weighted by Crippen LogP contribution is -2.14. The SMILES string of the molecule is Cc1cc([C@@H](N)CO)ccc1C#N. The van der Waals surface area contributed by atoms with Gasteiger partial charge in [-0.05, 0) is 24.1 Å². The van der Waals surface area contributed by atoms with E-state index in [0.29, 0.717) is 5.56 Å². The molecule has 0 heterocycles. The fourth-order valence-electron chi connectivity index (χ4n) is 1.15. The van der Waals surface area contributed by atoms with Crippen molar-refractivity contribution < 1.29 is 5.11 Å². The third kappa shape index (κ3) is 2.05. The molecule has 68 valence electrons. The Morgan fingerprint density at radius 2 is 2.31 bits per heavy atom. The molecular formula is C10H12N2O. The Kier molecular flexibility index (Phi) is 3.02. The first-order chi connectivity index (χ1) is 6.19. The molecular weight excluding hydrogens is 164 g/mol. The molecule has 13 heavy (non-hydrogen) atoms. The zero-order chi connectivity index (χ0) is 9.84. The molecule has 0 amide bonds. The van der Waals surface area contributed by atoms with Crippen LogP contribution in [0.3, 0.4) is 0 Å². The third-order valence-electron chi connectivity index (χ3n) is 2.00. The van der Waals surface area contributed by atoms with Gasteiger partial charge in [0.25, 0.3) is 0 Å². The van der Waals surface area contributed by atoms with Gasteiger partial charge in [0.1, 0.15) is 0 Å². The summed E-state index contributed by atoms with van der Waals surface area (Å²) < 4.78 is 0. The molecule has 0 aliphatic heterocycles. The Morgan fingerprint density at radius 1 is 1.62 bits per heavy atom. The van der Waals surface area contributed by atoms with E-state index in [1.54, 1.807) is 12.1 Å². The van der Waals surface area contributed by atoms with Crippen LogP contribution in [0, 0.1) is 18.3 Å². The molecule has 0 unspecified atom stereocenters. The maximum absolute atomic E-state index is 8.82. The molecule has 0 bridgehead atoms. The first-order valence-electron chi connectivity index (χ1n) is 4.06. The summed E-state index contributed by atoms with van der Waals surface area (Å²) >= 11 is 0. The number of nitrogens with zero attached hydrogens (tertiary/aromatic N) is 1. The molecule has 3 heteroatoms. The number of nitrogens with two attached hydrogens (primary N) is 1. The number of hydrogen-bond acceptors (Lipinski definition) is 3. The van der Waals surface area contributed by atoms with Crippen molar-refractivity contribution in [3.05, 3.63) is 34.9 Å². The summed E-state index contributed by atoms with van der Waals surface area (Å²) in [6.45, 7) is 1.78. The largest absolute Gasteiger partial charge is 0.394 e. The van der Waals surface area contributed by atoms with Crippen LogP contribution in [0.2, 0.25) is 0 Å². The van der Waals surface area contributed by atoms with E-state index in [2.05, 4.69) is 6.07 Å². The number of aryl methyl sites for hydroxylation is 1. The van der Waals surface area contributed by atoms with Gasteiger partial charge in [-0.3, -0.25) is 0 Å². The second-order valence-electron chi connectivity index (χ2n) is 2.98. The lowest BCUT2D eigenvalue weighted by molar-refractivity contribution is 0.268. The van der Waals surface area contributed by atoms with Gasteiger partial charge in [0.2, 0.25) is 0 Å². The maximum atomic E-state index is 8.82. The van der Waals surface area contributed by atoms with Crippen molar-refractivity contribution in [3.63, 3.8) is 0 Å². The predicted octanol–water partition coefficient (Wildman–Crippen LogP) is 0.859. The minimum Gasteiger partial charge on any atom is -0.394 e. The Balaban J connectivity index is 3.04. The van der Waals surface area contributed by atoms with Crippen LogP contribution in [0.5, 0.6) is 0 Å². The van der Waals surface area contributed by atoms with Gasteiger partial charge < -0.3 is 10.8 Å². The van der Waals surface area contributed by atoms with Crippen molar-refractivity contribution >= 4 is 0 Å². The number of rotatable bonds is 2. The van der Waals surface area contributed by atoms with Crippen molar-refractivity contribution in [1.82, 2.24) is 0 Å². The van der Waals surface area contributed by atoms with Gasteiger partial charge in [-0.25, -0.2) is 0 Å². The fraction of sp³-hybridized carbons (Fsp3) is 0.300. The second kappa shape index (κ2) is 4.04. The number of aliphatic hydroxyl groups is 1. The van der Waals surface area contributed by atoms with E-state index >= 15 is 0 Å². The van der Waals surface area contributed by atoms with Crippen LogP contribution in [-0.2, 0) is 0 Å². The Morgan fingerprint density at radius 3 is 2.77 bits per heavy atom. The summed E-state index contributed by atoms with van der Waals surface area (Å²) in [6.07, 6.45) is 0. The molecule has 0 fully saturated rings. The normalized spacial score (nSPS) is 12.2. The van der Waals surface area contributed by atoms with Crippen LogP contribution in [0.25, 0.3) is 0 Å². The minimum atomic E-state index is -0.355. The monoisotopic (exact) mass is 176 g/mol. The zero-order valence-electron chi connectivity index (χ0n) is 7.49. The Bertz CT molecular complexity index is 341. The first kappa shape index (κ1) is 9.72. The molecule has 0 aliphatic rings. The van der Waals surface area contributed by atoms with Gasteiger partial charge in [0, 0.05) is 0 Å². The van der Waals surface area contributed by atoms with Gasteiger partial charge >= 0.3 is 0 Å². The fourth-order valence-corrected chi connectivity index (χ4v) is 1.15. The van der Waals surface area contributed by atoms with Gasteiger partial charge in [-0.2, -0.15) is 5.26 Å². The van der Waals surface area contributed by atoms with E-state index in [-0.39, 0.29) is 12.6 Å². The number of aliphatic hydroxyl groups excluding tert-OH is 1. The molecule has 1 atom stereocenters. The number of hydrogen-bond donors (Lipinski definition) is 2. The lowest BCUT2D eigenvalue weighted by Gasteiger charge is -2.09. The highest BCUT2D eigenvalue weighted by Gasteiger charge is 2.05. The van der Waals surface area contributed by atoms with Crippen molar-refractivity contribution in [2.45, 2.75) is 13.0 Å². The minimum absolute atomic E-state index is 0.0780. The van der Waals surface area contributed by atoms with Gasteiger partial charge in [0.15, 0.2) is 0 Å². The average molecular weight is 176 g/mol. The highest BCUT2D eigenvalue weighted by Crippen LogP contribution is 2.14. The maximum Gasteiger partial charge on any atom is 0.0994 e. The molecule has 1 aromatic carbocycles. The van der Waals surface area contributed by atoms with Gasteiger partial charge in [-0.15, -0.1) is 0 Å². The zero-order valence-corrected chi connectivity index (χ0v) is 7.49. The summed E-state index contributed by atoms with van der Waals surface area (Å²) in [5.74, 6) is 0. The smallest absolute Gasteiger partial charge is 0.0994 e. The average Bonchev–Trinajstić information content (AvgIpc) is 2.16. The molecule has 0 aromatic heterocycles. The van der Waals surface area contributed by atoms with Crippen molar-refractivity contribution in [1.29, 1.82) is 5.26 Å². The summed E-state index contributed by atoms with van der Waals surface area (Å²) in [5.41, 5.74) is 8.02. The van der Waals surface area contributed by atoms with E-state index in [4.69, 9.17) is 16.1 Å². The molecule has 1 rings (SSSR count). The lowest BCUT2D eigenvalue weighted by atomic mass is 10.0. The first-order valence-corrected chi connectivity index (χ1v) is 4.06. The highest BCUT2D eigenvalue weighted by atomic mass is 16.3. The van der Waals surface area contributed by atoms with Crippen molar-refractivity contribution in [2.24, 2.45) is 5.73 Å². The van der Waals surface area contributed by atoms with Crippen LogP contribution in [-0.4, -0.2) is 11.7 Å². The van der Waals surface area contributed by atoms with Crippen LogP contribution in [0.15, 0.2) is 18.2 Å². The van der Waals surface area contributed by atoms with E-state index in [1.165, 1.54) is 0 Å². The molecule has 0 radical (unpaired) electrons. The van der Waals surface area contributed by atoms with Crippen molar-refractivity contribution in [2.75, 3.05) is 6.61 Å².